The van der Waals surface area contributed by atoms with Crippen molar-refractivity contribution in [2.45, 2.75) is 26.1 Å². The van der Waals surface area contributed by atoms with E-state index in [4.69, 9.17) is 14.2 Å². The lowest BCUT2D eigenvalue weighted by Gasteiger charge is -2.14. The highest BCUT2D eigenvalue weighted by molar-refractivity contribution is 7.13. The topological polar surface area (TPSA) is 98.8 Å². The first-order valence-electron chi connectivity index (χ1n) is 9.93. The van der Waals surface area contributed by atoms with Crippen molar-refractivity contribution in [1.82, 2.24) is 10.3 Å². The molecule has 8 nitrogen and oxygen atoms in total. The highest BCUT2D eigenvalue weighted by Gasteiger charge is 2.21. The van der Waals surface area contributed by atoms with E-state index in [2.05, 4.69) is 15.6 Å². The van der Waals surface area contributed by atoms with E-state index in [0.29, 0.717) is 23.2 Å². The summed E-state index contributed by atoms with van der Waals surface area (Å²) in [5, 5.41) is 8.12. The molecule has 1 heterocycles. The lowest BCUT2D eigenvalue weighted by molar-refractivity contribution is -0.129. The molecule has 9 heteroatoms. The number of amides is 1. The van der Waals surface area contributed by atoms with Gasteiger partial charge in [-0.15, -0.1) is 11.3 Å². The number of ether oxygens (including phenoxy) is 3. The summed E-state index contributed by atoms with van der Waals surface area (Å²) in [7, 11) is 3.10. The number of esters is 1. The molecule has 2 aromatic carbocycles. The Morgan fingerprint density at radius 2 is 1.75 bits per heavy atom. The molecule has 3 rings (SSSR count). The molecule has 0 saturated heterocycles. The Morgan fingerprint density at radius 1 is 1.00 bits per heavy atom. The first-order valence-corrected chi connectivity index (χ1v) is 10.8. The fraction of sp³-hybridized carbons (Fsp3) is 0.261. The van der Waals surface area contributed by atoms with Gasteiger partial charge in [0.05, 0.1) is 14.2 Å². The molecule has 0 aliphatic heterocycles. The summed E-state index contributed by atoms with van der Waals surface area (Å²) in [4.78, 5) is 29.0. The standard InChI is InChI=1S/C23H25N3O5S/c1-15(21(27)24-13-17-9-10-19(29-2)20(11-17)30-3)31-22(28)18-14-32-23(26-18)25-12-16-7-5-4-6-8-16/h4-11,14-15H,12-13H2,1-3H3,(H,24,27)(H,25,26). The molecule has 0 spiro atoms. The fourth-order valence-electron chi connectivity index (χ4n) is 2.82. The molecule has 32 heavy (non-hydrogen) atoms. The van der Waals surface area contributed by atoms with Crippen LogP contribution in [0.5, 0.6) is 11.5 Å². The van der Waals surface area contributed by atoms with Crippen LogP contribution >= 0.6 is 11.3 Å². The lowest BCUT2D eigenvalue weighted by Crippen LogP contribution is -2.35. The third-order valence-electron chi connectivity index (χ3n) is 4.57. The van der Waals surface area contributed by atoms with E-state index in [1.54, 1.807) is 31.7 Å². The maximum atomic E-state index is 12.4. The van der Waals surface area contributed by atoms with Gasteiger partial charge in [0.2, 0.25) is 0 Å². The van der Waals surface area contributed by atoms with E-state index in [0.717, 1.165) is 11.1 Å². The zero-order chi connectivity index (χ0) is 22.9. The van der Waals surface area contributed by atoms with Crippen LogP contribution in [0.4, 0.5) is 5.13 Å². The van der Waals surface area contributed by atoms with Gasteiger partial charge in [-0.25, -0.2) is 9.78 Å². The summed E-state index contributed by atoms with van der Waals surface area (Å²) >= 11 is 1.30. The molecule has 1 atom stereocenters. The van der Waals surface area contributed by atoms with Gasteiger partial charge in [0.25, 0.3) is 5.91 Å². The minimum atomic E-state index is -0.968. The van der Waals surface area contributed by atoms with E-state index in [-0.39, 0.29) is 12.2 Å². The average Bonchev–Trinajstić information content (AvgIpc) is 3.31. The van der Waals surface area contributed by atoms with E-state index in [9.17, 15) is 9.59 Å². The van der Waals surface area contributed by atoms with Crippen molar-refractivity contribution in [3.05, 3.63) is 70.7 Å². The van der Waals surface area contributed by atoms with E-state index in [1.807, 2.05) is 36.4 Å². The summed E-state index contributed by atoms with van der Waals surface area (Å²) in [6.45, 7) is 2.37. The lowest BCUT2D eigenvalue weighted by atomic mass is 10.2. The summed E-state index contributed by atoms with van der Waals surface area (Å²) in [5.41, 5.74) is 2.08. The van der Waals surface area contributed by atoms with Gasteiger partial charge in [0, 0.05) is 18.5 Å². The summed E-state index contributed by atoms with van der Waals surface area (Å²) in [6.07, 6.45) is -0.968. The Morgan fingerprint density at radius 3 is 2.47 bits per heavy atom. The van der Waals surface area contributed by atoms with E-state index >= 15 is 0 Å². The van der Waals surface area contributed by atoms with Crippen LogP contribution < -0.4 is 20.1 Å². The number of nitrogens with one attached hydrogen (secondary N) is 2. The number of aromatic nitrogens is 1. The number of thiazole rings is 1. The third-order valence-corrected chi connectivity index (χ3v) is 5.37. The molecule has 3 aromatic rings. The van der Waals surface area contributed by atoms with Crippen LogP contribution in [-0.4, -0.2) is 37.2 Å². The Balaban J connectivity index is 1.48. The predicted molar refractivity (Wildman–Crippen MR) is 122 cm³/mol. The largest absolute Gasteiger partial charge is 0.493 e. The van der Waals surface area contributed by atoms with Gasteiger partial charge in [0.15, 0.2) is 28.4 Å². The molecule has 1 aromatic heterocycles. The highest BCUT2D eigenvalue weighted by atomic mass is 32.1. The second kappa shape index (κ2) is 11.1. The monoisotopic (exact) mass is 455 g/mol. The SMILES string of the molecule is COc1ccc(CNC(=O)C(C)OC(=O)c2csc(NCc3ccccc3)n2)cc1OC. The van der Waals surface area contributed by atoms with Gasteiger partial charge in [-0.3, -0.25) is 4.79 Å². The molecule has 0 fully saturated rings. The Labute approximate surface area is 190 Å². The number of carbonyl (C=O) groups excluding carboxylic acids is 2. The number of methoxy groups -OCH3 is 2. The van der Waals surface area contributed by atoms with Gasteiger partial charge in [0.1, 0.15) is 0 Å². The van der Waals surface area contributed by atoms with Gasteiger partial charge >= 0.3 is 5.97 Å². The smallest absolute Gasteiger partial charge is 0.358 e. The van der Waals surface area contributed by atoms with Gasteiger partial charge in [-0.2, -0.15) is 0 Å². The van der Waals surface area contributed by atoms with Crippen molar-refractivity contribution < 1.29 is 23.8 Å². The van der Waals surface area contributed by atoms with E-state index < -0.39 is 18.0 Å². The molecule has 1 amide bonds. The molecule has 1 unspecified atom stereocenters. The number of nitrogens with zero attached hydrogens (tertiary/aromatic N) is 1. The van der Waals surface area contributed by atoms with Crippen LogP contribution in [0.25, 0.3) is 0 Å². The summed E-state index contributed by atoms with van der Waals surface area (Å²) < 4.78 is 15.7. The maximum absolute atomic E-state index is 12.4. The van der Waals surface area contributed by atoms with Crippen LogP contribution in [0.1, 0.15) is 28.5 Å². The number of hydrogen-bond donors (Lipinski definition) is 2. The molecule has 168 valence electrons. The van der Waals surface area contributed by atoms with Crippen molar-refractivity contribution in [3.63, 3.8) is 0 Å². The van der Waals surface area contributed by atoms with Crippen LogP contribution in [0.15, 0.2) is 53.9 Å². The Bertz CT molecular complexity index is 1050. The van der Waals surface area contributed by atoms with Crippen molar-refractivity contribution in [2.75, 3.05) is 19.5 Å². The molecular formula is C23H25N3O5S. The number of rotatable bonds is 10. The molecule has 0 radical (unpaired) electrons. The highest BCUT2D eigenvalue weighted by Crippen LogP contribution is 2.27. The number of benzene rings is 2. The zero-order valence-corrected chi connectivity index (χ0v) is 18.9. The fourth-order valence-corrected chi connectivity index (χ4v) is 3.50. The van der Waals surface area contributed by atoms with Crippen molar-refractivity contribution >= 4 is 28.3 Å². The molecule has 0 saturated carbocycles. The van der Waals surface area contributed by atoms with Crippen molar-refractivity contribution in [2.24, 2.45) is 0 Å². The molecular weight excluding hydrogens is 430 g/mol. The number of carbonyl (C=O) groups is 2. The van der Waals surface area contributed by atoms with Gasteiger partial charge in [-0.1, -0.05) is 36.4 Å². The van der Waals surface area contributed by atoms with E-state index in [1.165, 1.54) is 18.3 Å². The predicted octanol–water partition coefficient (Wildman–Crippen LogP) is 3.63. The zero-order valence-electron chi connectivity index (χ0n) is 18.1. The van der Waals surface area contributed by atoms with Gasteiger partial charge in [-0.05, 0) is 30.2 Å². The molecule has 0 aliphatic rings. The normalized spacial score (nSPS) is 11.3. The van der Waals surface area contributed by atoms with Crippen molar-refractivity contribution in [3.8, 4) is 11.5 Å². The maximum Gasteiger partial charge on any atom is 0.358 e. The number of anilines is 1. The first-order chi connectivity index (χ1) is 15.5. The average molecular weight is 456 g/mol. The second-order valence-electron chi connectivity index (χ2n) is 6.83. The Hall–Kier alpha value is -3.59. The summed E-state index contributed by atoms with van der Waals surface area (Å²) in [6, 6.07) is 15.2. The quantitative estimate of drug-likeness (QED) is 0.451. The third kappa shape index (κ3) is 6.21. The minimum Gasteiger partial charge on any atom is -0.493 e. The minimum absolute atomic E-state index is 0.158. The van der Waals surface area contributed by atoms with Gasteiger partial charge < -0.3 is 24.8 Å². The Kier molecular flexibility index (Phi) is 8.04. The number of hydrogen-bond acceptors (Lipinski definition) is 8. The summed E-state index contributed by atoms with van der Waals surface area (Å²) in [5.74, 6) is 0.110. The molecule has 2 N–H and O–H groups in total. The van der Waals surface area contributed by atoms with Crippen molar-refractivity contribution in [1.29, 1.82) is 0 Å². The van der Waals surface area contributed by atoms with Crippen LogP contribution in [0, 0.1) is 0 Å². The molecule has 0 aliphatic carbocycles. The first kappa shape index (κ1) is 23.1. The second-order valence-corrected chi connectivity index (χ2v) is 7.69. The van der Waals surface area contributed by atoms with Crippen LogP contribution in [0.2, 0.25) is 0 Å². The molecule has 0 bridgehead atoms. The van der Waals surface area contributed by atoms with Crippen LogP contribution in [0.3, 0.4) is 0 Å². The van der Waals surface area contributed by atoms with Crippen LogP contribution in [-0.2, 0) is 22.6 Å².